The fourth-order valence-electron chi connectivity index (χ4n) is 2.04. The molecule has 0 spiro atoms. The molecule has 5 nitrogen and oxygen atoms in total. The van der Waals surface area contributed by atoms with E-state index in [0.717, 1.165) is 11.3 Å². The van der Waals surface area contributed by atoms with Crippen LogP contribution in [-0.2, 0) is 4.79 Å². The normalized spacial score (nSPS) is 10.4. The number of ether oxygens (including phenoxy) is 3. The lowest BCUT2D eigenvalue weighted by molar-refractivity contribution is -0.116. The van der Waals surface area contributed by atoms with Crippen molar-refractivity contribution >= 4 is 12.0 Å². The number of nitrogens with one attached hydrogen (secondary N) is 1. The molecule has 126 valence electrons. The molecular weight excluding hydrogens is 306 g/mol. The first-order valence-electron chi connectivity index (χ1n) is 7.58. The summed E-state index contributed by atoms with van der Waals surface area (Å²) in [5.74, 6) is 1.94. The lowest BCUT2D eigenvalue weighted by Gasteiger charge is -2.07. The standard InChI is InChI=1S/C19H21NO4/c1-22-17-10-8-15(18(14-17)23-2)9-11-19(21)20-12-13-24-16-6-4-3-5-7-16/h3-11,14H,12-13H2,1-2H3,(H,20,21). The molecule has 0 aliphatic heterocycles. The molecule has 2 aromatic carbocycles. The second kappa shape index (κ2) is 9.25. The average molecular weight is 327 g/mol. The van der Waals surface area contributed by atoms with Crippen LogP contribution >= 0.6 is 0 Å². The van der Waals surface area contributed by atoms with Crippen LogP contribution < -0.4 is 19.5 Å². The number of benzene rings is 2. The average Bonchev–Trinajstić information content (AvgIpc) is 2.64. The quantitative estimate of drug-likeness (QED) is 0.598. The summed E-state index contributed by atoms with van der Waals surface area (Å²) in [5.41, 5.74) is 0.800. The van der Waals surface area contributed by atoms with Crippen LogP contribution in [0.5, 0.6) is 17.2 Å². The molecule has 0 bridgehead atoms. The van der Waals surface area contributed by atoms with E-state index in [1.165, 1.54) is 6.08 Å². The fraction of sp³-hybridized carbons (Fsp3) is 0.211. The maximum absolute atomic E-state index is 11.8. The number of rotatable bonds is 8. The molecule has 1 amide bonds. The number of hydrogen-bond donors (Lipinski definition) is 1. The van der Waals surface area contributed by atoms with E-state index in [1.54, 1.807) is 26.4 Å². The van der Waals surface area contributed by atoms with Gasteiger partial charge in [0.1, 0.15) is 23.9 Å². The second-order valence-corrected chi connectivity index (χ2v) is 4.89. The third-order valence-electron chi connectivity index (χ3n) is 3.27. The number of para-hydroxylation sites is 1. The lowest BCUT2D eigenvalue weighted by Crippen LogP contribution is -2.26. The van der Waals surface area contributed by atoms with Gasteiger partial charge in [-0.05, 0) is 30.3 Å². The van der Waals surface area contributed by atoms with Gasteiger partial charge in [0.2, 0.25) is 5.91 Å². The first kappa shape index (κ1) is 17.4. The van der Waals surface area contributed by atoms with E-state index >= 15 is 0 Å². The Morgan fingerprint density at radius 2 is 1.83 bits per heavy atom. The summed E-state index contributed by atoms with van der Waals surface area (Å²) in [6, 6.07) is 14.9. The van der Waals surface area contributed by atoms with E-state index in [2.05, 4.69) is 5.32 Å². The molecule has 0 heterocycles. The number of hydrogen-bond acceptors (Lipinski definition) is 4. The van der Waals surface area contributed by atoms with Gasteiger partial charge in [-0.3, -0.25) is 4.79 Å². The van der Waals surface area contributed by atoms with Gasteiger partial charge in [-0.2, -0.15) is 0 Å². The third kappa shape index (κ3) is 5.35. The Morgan fingerprint density at radius 3 is 2.54 bits per heavy atom. The minimum atomic E-state index is -0.190. The first-order valence-corrected chi connectivity index (χ1v) is 7.58. The SMILES string of the molecule is COc1ccc(C=CC(=O)NCCOc2ccccc2)c(OC)c1. The highest BCUT2D eigenvalue weighted by atomic mass is 16.5. The summed E-state index contributed by atoms with van der Waals surface area (Å²) in [4.78, 5) is 11.8. The zero-order chi connectivity index (χ0) is 17.2. The highest BCUT2D eigenvalue weighted by Gasteiger charge is 2.03. The Morgan fingerprint density at radius 1 is 1.04 bits per heavy atom. The first-order chi connectivity index (χ1) is 11.7. The molecule has 0 fully saturated rings. The minimum Gasteiger partial charge on any atom is -0.497 e. The molecule has 2 rings (SSSR count). The molecule has 0 aromatic heterocycles. The number of carbonyl (C=O) groups excluding carboxylic acids is 1. The van der Waals surface area contributed by atoms with Gasteiger partial charge < -0.3 is 19.5 Å². The molecule has 0 radical (unpaired) electrons. The van der Waals surface area contributed by atoms with Gasteiger partial charge in [0.05, 0.1) is 20.8 Å². The largest absolute Gasteiger partial charge is 0.497 e. The summed E-state index contributed by atoms with van der Waals surface area (Å²) < 4.78 is 15.9. The highest BCUT2D eigenvalue weighted by Crippen LogP contribution is 2.25. The number of carbonyl (C=O) groups is 1. The van der Waals surface area contributed by atoms with Crippen LogP contribution in [0.25, 0.3) is 6.08 Å². The molecular formula is C19H21NO4. The van der Waals surface area contributed by atoms with Crippen molar-refractivity contribution in [2.24, 2.45) is 0 Å². The van der Waals surface area contributed by atoms with E-state index in [-0.39, 0.29) is 5.91 Å². The van der Waals surface area contributed by atoms with Crippen molar-refractivity contribution in [2.45, 2.75) is 0 Å². The smallest absolute Gasteiger partial charge is 0.244 e. The predicted molar refractivity (Wildman–Crippen MR) is 93.5 cm³/mol. The predicted octanol–water partition coefficient (Wildman–Crippen LogP) is 2.91. The highest BCUT2D eigenvalue weighted by molar-refractivity contribution is 5.92. The molecule has 0 saturated heterocycles. The van der Waals surface area contributed by atoms with Gasteiger partial charge in [0.25, 0.3) is 0 Å². The Balaban J connectivity index is 1.80. The van der Waals surface area contributed by atoms with Gasteiger partial charge in [0, 0.05) is 17.7 Å². The zero-order valence-electron chi connectivity index (χ0n) is 13.8. The van der Waals surface area contributed by atoms with Crippen molar-refractivity contribution < 1.29 is 19.0 Å². The summed E-state index contributed by atoms with van der Waals surface area (Å²) >= 11 is 0. The van der Waals surface area contributed by atoms with Crippen molar-refractivity contribution in [2.75, 3.05) is 27.4 Å². The van der Waals surface area contributed by atoms with Crippen molar-refractivity contribution in [1.82, 2.24) is 5.32 Å². The van der Waals surface area contributed by atoms with Crippen molar-refractivity contribution in [3.63, 3.8) is 0 Å². The Bertz CT molecular complexity index is 683. The van der Waals surface area contributed by atoms with Crippen LogP contribution in [0.15, 0.2) is 54.6 Å². The molecule has 0 aliphatic rings. The monoisotopic (exact) mass is 327 g/mol. The molecule has 0 atom stereocenters. The second-order valence-electron chi connectivity index (χ2n) is 4.89. The number of amides is 1. The summed E-state index contributed by atoms with van der Waals surface area (Å²) in [7, 11) is 3.17. The molecule has 0 aliphatic carbocycles. The maximum Gasteiger partial charge on any atom is 0.244 e. The number of methoxy groups -OCH3 is 2. The van der Waals surface area contributed by atoms with E-state index in [4.69, 9.17) is 14.2 Å². The van der Waals surface area contributed by atoms with Crippen molar-refractivity contribution in [1.29, 1.82) is 0 Å². The zero-order valence-corrected chi connectivity index (χ0v) is 13.8. The Labute approximate surface area is 141 Å². The molecule has 0 unspecified atom stereocenters. The van der Waals surface area contributed by atoms with Gasteiger partial charge in [-0.25, -0.2) is 0 Å². The Hall–Kier alpha value is -2.95. The fourth-order valence-corrected chi connectivity index (χ4v) is 2.04. The third-order valence-corrected chi connectivity index (χ3v) is 3.27. The molecule has 0 saturated carbocycles. The van der Waals surface area contributed by atoms with Crippen molar-refractivity contribution in [3.8, 4) is 17.2 Å². The van der Waals surface area contributed by atoms with Crippen LogP contribution in [0.4, 0.5) is 0 Å². The van der Waals surface area contributed by atoms with Gasteiger partial charge in [-0.1, -0.05) is 18.2 Å². The van der Waals surface area contributed by atoms with E-state index < -0.39 is 0 Å². The Kier molecular flexibility index (Phi) is 6.71. The topological polar surface area (TPSA) is 56.8 Å². The molecule has 5 heteroatoms. The van der Waals surface area contributed by atoms with Gasteiger partial charge in [0.15, 0.2) is 0 Å². The van der Waals surface area contributed by atoms with Crippen LogP contribution in [0.2, 0.25) is 0 Å². The van der Waals surface area contributed by atoms with Crippen LogP contribution in [0, 0.1) is 0 Å². The van der Waals surface area contributed by atoms with Gasteiger partial charge >= 0.3 is 0 Å². The molecule has 24 heavy (non-hydrogen) atoms. The van der Waals surface area contributed by atoms with E-state index in [1.807, 2.05) is 42.5 Å². The van der Waals surface area contributed by atoms with E-state index in [0.29, 0.717) is 24.7 Å². The summed E-state index contributed by atoms with van der Waals surface area (Å²) in [6.45, 7) is 0.841. The maximum atomic E-state index is 11.8. The summed E-state index contributed by atoms with van der Waals surface area (Å²) in [6.07, 6.45) is 3.17. The minimum absolute atomic E-state index is 0.190. The van der Waals surface area contributed by atoms with Crippen molar-refractivity contribution in [3.05, 3.63) is 60.2 Å². The van der Waals surface area contributed by atoms with Gasteiger partial charge in [-0.15, -0.1) is 0 Å². The molecule has 2 aromatic rings. The van der Waals surface area contributed by atoms with Crippen LogP contribution in [0.1, 0.15) is 5.56 Å². The van der Waals surface area contributed by atoms with E-state index in [9.17, 15) is 4.79 Å². The van der Waals surface area contributed by atoms with Crippen LogP contribution in [-0.4, -0.2) is 33.3 Å². The lowest BCUT2D eigenvalue weighted by atomic mass is 10.1. The molecule has 1 N–H and O–H groups in total. The van der Waals surface area contributed by atoms with Crippen LogP contribution in [0.3, 0.4) is 0 Å². The summed E-state index contributed by atoms with van der Waals surface area (Å²) in [5, 5.41) is 2.77.